The van der Waals surface area contributed by atoms with Gasteiger partial charge < -0.3 is 0 Å². The first-order valence-corrected chi connectivity index (χ1v) is 13.7. The normalized spacial score (nSPS) is 11.2. The van der Waals surface area contributed by atoms with E-state index in [-0.39, 0.29) is 32.7 Å². The zero-order chi connectivity index (χ0) is 26.5. The fraction of sp³-hybridized carbons (Fsp3) is 0. The number of fused-ring (bicyclic) bond motifs is 5. The molecule has 1 radical (unpaired) electrons. The van der Waals surface area contributed by atoms with Crippen LogP contribution in [-0.4, -0.2) is 0 Å². The fourth-order valence-electron chi connectivity index (χ4n) is 6.39. The van der Waals surface area contributed by atoms with Crippen molar-refractivity contribution in [2.45, 2.75) is 0 Å². The summed E-state index contributed by atoms with van der Waals surface area (Å²) in [6, 6.07) is 59.2. The van der Waals surface area contributed by atoms with Crippen molar-refractivity contribution in [3.8, 4) is 33.4 Å². The van der Waals surface area contributed by atoms with Crippen LogP contribution >= 0.6 is 0 Å². The summed E-state index contributed by atoms with van der Waals surface area (Å²) in [5.41, 5.74) is 7.09. The molecule has 8 rings (SSSR count). The van der Waals surface area contributed by atoms with E-state index in [1.807, 2.05) is 18.2 Å². The molecule has 0 saturated heterocycles. The van der Waals surface area contributed by atoms with Gasteiger partial charge in [-0.25, -0.2) is 11.1 Å². The Bertz CT molecular complexity index is 2150. The van der Waals surface area contributed by atoms with E-state index in [1.165, 1.54) is 65.3 Å². The number of hydrogen-bond donors (Lipinski definition) is 0. The first-order chi connectivity index (χ1) is 19.9. The van der Waals surface area contributed by atoms with Gasteiger partial charge in [-0.2, -0.15) is 36.4 Å². The van der Waals surface area contributed by atoms with Crippen LogP contribution in [0, 0.1) is 12.1 Å². The minimum atomic E-state index is 0. The molecular weight excluding hydrogens is 569 g/mol. The van der Waals surface area contributed by atoms with Crippen LogP contribution in [0.15, 0.2) is 146 Å². The van der Waals surface area contributed by atoms with Crippen LogP contribution in [0.25, 0.3) is 76.5 Å². The Morgan fingerprint density at radius 3 is 1.51 bits per heavy atom. The van der Waals surface area contributed by atoms with E-state index in [9.17, 15) is 0 Å². The third kappa shape index (κ3) is 4.22. The summed E-state index contributed by atoms with van der Waals surface area (Å²) < 4.78 is 0. The molecule has 1 heteroatoms. The predicted octanol–water partition coefficient (Wildman–Crippen LogP) is 10.9. The van der Waals surface area contributed by atoms with Crippen LogP contribution in [0.4, 0.5) is 0 Å². The van der Waals surface area contributed by atoms with Crippen molar-refractivity contribution < 1.29 is 32.7 Å². The minimum Gasteiger partial charge on any atom is -0.226 e. The Labute approximate surface area is 265 Å². The summed E-state index contributed by atoms with van der Waals surface area (Å²) in [5.74, 6) is 0. The van der Waals surface area contributed by atoms with Gasteiger partial charge in [0.25, 0.3) is 0 Å². The molecule has 0 nitrogen and oxygen atoms in total. The molecule has 0 atom stereocenters. The predicted molar refractivity (Wildman–Crippen MR) is 170 cm³/mol. The van der Waals surface area contributed by atoms with E-state index in [2.05, 4.69) is 140 Å². The second-order valence-corrected chi connectivity index (χ2v) is 10.3. The van der Waals surface area contributed by atoms with E-state index >= 15 is 0 Å². The second-order valence-electron chi connectivity index (χ2n) is 10.3. The Morgan fingerprint density at radius 1 is 0.366 bits per heavy atom. The van der Waals surface area contributed by atoms with E-state index in [0.717, 1.165) is 11.1 Å². The summed E-state index contributed by atoms with van der Waals surface area (Å²) in [5, 5.41) is 10.1. The molecule has 0 spiro atoms. The van der Waals surface area contributed by atoms with E-state index < -0.39 is 0 Å². The van der Waals surface area contributed by atoms with Gasteiger partial charge in [0.05, 0.1) is 0 Å². The third-order valence-corrected chi connectivity index (χ3v) is 8.07. The maximum atomic E-state index is 3.54. The molecule has 8 aromatic carbocycles. The zero-order valence-corrected chi connectivity index (χ0v) is 25.3. The largest absolute Gasteiger partial charge is 0.226 e. The van der Waals surface area contributed by atoms with Gasteiger partial charge in [-0.15, -0.1) is 23.8 Å². The maximum Gasteiger partial charge on any atom is 0 e. The monoisotopic (exact) mass is 593 g/mol. The Balaban J connectivity index is 0.00000276. The van der Waals surface area contributed by atoms with Gasteiger partial charge >= 0.3 is 0 Å². The molecule has 0 fully saturated rings. The summed E-state index contributed by atoms with van der Waals surface area (Å²) in [7, 11) is 0. The van der Waals surface area contributed by atoms with Gasteiger partial charge in [0.1, 0.15) is 0 Å². The molecule has 0 unspecified atom stereocenters. The van der Waals surface area contributed by atoms with Crippen LogP contribution < -0.4 is 0 Å². The Morgan fingerprint density at radius 2 is 0.878 bits per heavy atom. The Kier molecular flexibility index (Phi) is 6.75. The third-order valence-electron chi connectivity index (χ3n) is 8.07. The number of benzene rings is 8. The average molecular weight is 594 g/mol. The molecule has 0 bridgehead atoms. The number of rotatable bonds is 3. The molecule has 0 aromatic heterocycles. The van der Waals surface area contributed by atoms with Crippen molar-refractivity contribution >= 4 is 43.1 Å². The molecule has 0 saturated carbocycles. The zero-order valence-electron chi connectivity index (χ0n) is 22.4. The van der Waals surface area contributed by atoms with E-state index in [1.54, 1.807) is 0 Å². The molecule has 0 heterocycles. The van der Waals surface area contributed by atoms with Crippen LogP contribution in [0.2, 0.25) is 0 Å². The molecule has 0 N–H and O–H groups in total. The van der Waals surface area contributed by atoms with Gasteiger partial charge in [0.15, 0.2) is 0 Å². The van der Waals surface area contributed by atoms with Crippen molar-refractivity contribution in [1.29, 1.82) is 0 Å². The second kappa shape index (κ2) is 10.7. The summed E-state index contributed by atoms with van der Waals surface area (Å²) in [4.78, 5) is 0. The van der Waals surface area contributed by atoms with Gasteiger partial charge in [0, 0.05) is 32.7 Å². The molecule has 0 amide bonds. The molecular formula is C40H24Y-2. The van der Waals surface area contributed by atoms with Gasteiger partial charge in [-0.3, -0.25) is 0 Å². The molecule has 0 aliphatic heterocycles. The smallest absolute Gasteiger partial charge is 0 e. The molecule has 0 aliphatic carbocycles. The molecule has 8 aromatic rings. The van der Waals surface area contributed by atoms with Crippen LogP contribution in [-0.2, 0) is 32.7 Å². The first-order valence-electron chi connectivity index (χ1n) is 13.7. The quantitative estimate of drug-likeness (QED) is 0.109. The van der Waals surface area contributed by atoms with E-state index in [4.69, 9.17) is 0 Å². The summed E-state index contributed by atoms with van der Waals surface area (Å²) >= 11 is 0. The maximum absolute atomic E-state index is 3.54. The van der Waals surface area contributed by atoms with Crippen molar-refractivity contribution in [2.24, 2.45) is 0 Å². The molecule has 189 valence electrons. The average Bonchev–Trinajstić information content (AvgIpc) is 3.04. The van der Waals surface area contributed by atoms with Crippen LogP contribution in [0.3, 0.4) is 0 Å². The first kappa shape index (κ1) is 25.8. The van der Waals surface area contributed by atoms with Crippen LogP contribution in [0.5, 0.6) is 0 Å². The standard InChI is InChI=1S/C40H24.Y/c1-2-14-27(15-3-1)29-17-6-9-21-33(29)39-34-22-10-12-24-36(34)40(37-25-13-11-23-35(37)39)38-26-28-16-4-5-18-30(28)31-19-7-8-20-32(31)38;/h1-14,16,18-26H;/q-2;. The van der Waals surface area contributed by atoms with Crippen LogP contribution in [0.1, 0.15) is 0 Å². The summed E-state index contributed by atoms with van der Waals surface area (Å²) in [6.07, 6.45) is 0. The molecule has 41 heavy (non-hydrogen) atoms. The Hall–Kier alpha value is -4.10. The minimum absolute atomic E-state index is 0. The SMILES string of the molecule is [Y].[c-]1ccccc1-c1[c-]cccc1-c1c2ccccc2c(-c2cc3ccccc3c3ccccc23)c2ccccc12. The van der Waals surface area contributed by atoms with Gasteiger partial charge in [-0.1, -0.05) is 103 Å². The summed E-state index contributed by atoms with van der Waals surface area (Å²) in [6.45, 7) is 0. The van der Waals surface area contributed by atoms with Gasteiger partial charge in [0.2, 0.25) is 0 Å². The number of hydrogen-bond acceptors (Lipinski definition) is 0. The van der Waals surface area contributed by atoms with Crippen molar-refractivity contribution in [3.63, 3.8) is 0 Å². The fourth-order valence-corrected chi connectivity index (χ4v) is 6.39. The van der Waals surface area contributed by atoms with E-state index in [0.29, 0.717) is 0 Å². The van der Waals surface area contributed by atoms with Crippen molar-refractivity contribution in [1.82, 2.24) is 0 Å². The van der Waals surface area contributed by atoms with Gasteiger partial charge in [-0.05, 0) is 60.3 Å². The van der Waals surface area contributed by atoms with Crippen molar-refractivity contribution in [2.75, 3.05) is 0 Å². The van der Waals surface area contributed by atoms with Crippen molar-refractivity contribution in [3.05, 3.63) is 158 Å². The molecule has 0 aliphatic rings. The topological polar surface area (TPSA) is 0 Å².